The Morgan fingerprint density at radius 2 is 1.94 bits per heavy atom. The van der Waals surface area contributed by atoms with Crippen molar-refractivity contribution in [3.63, 3.8) is 0 Å². The van der Waals surface area contributed by atoms with Crippen LogP contribution in [0.5, 0.6) is 5.75 Å². The minimum Gasteiger partial charge on any atom is -0.494 e. The zero-order valence-corrected chi connectivity index (χ0v) is 20.1. The quantitative estimate of drug-likeness (QED) is 0.621. The number of hydrogen-bond acceptors (Lipinski definition) is 5. The molecule has 182 valence electrons. The molecule has 4 rings (SSSR count). The number of amides is 3. The fourth-order valence-electron chi connectivity index (χ4n) is 4.96. The van der Waals surface area contributed by atoms with Gasteiger partial charge in [0.15, 0.2) is 5.69 Å². The molecule has 1 aromatic heterocycles. The van der Waals surface area contributed by atoms with Gasteiger partial charge in [0, 0.05) is 24.7 Å². The Balaban J connectivity index is 1.53. The highest BCUT2D eigenvalue weighted by molar-refractivity contribution is 6.07. The zero-order valence-electron chi connectivity index (χ0n) is 20.1. The zero-order chi connectivity index (χ0) is 24.3. The Morgan fingerprint density at radius 3 is 2.65 bits per heavy atom. The number of imidazole rings is 1. The first-order valence-electron chi connectivity index (χ1n) is 12.1. The fraction of sp³-hybridized carbons (Fsp3) is 0.520. The Morgan fingerprint density at radius 1 is 1.21 bits per heavy atom. The number of nitrogens with one attached hydrogen (secondary N) is 2. The van der Waals surface area contributed by atoms with E-state index < -0.39 is 11.4 Å². The molecule has 0 radical (unpaired) electrons. The maximum absolute atomic E-state index is 13.5. The van der Waals surface area contributed by atoms with Gasteiger partial charge in [0.1, 0.15) is 17.0 Å². The van der Waals surface area contributed by atoms with Gasteiger partial charge in [0.25, 0.3) is 11.8 Å². The van der Waals surface area contributed by atoms with Crippen molar-refractivity contribution in [1.29, 1.82) is 0 Å². The Labute approximate surface area is 199 Å². The first-order chi connectivity index (χ1) is 16.4. The third-order valence-electron chi connectivity index (χ3n) is 6.78. The molecule has 1 aliphatic carbocycles. The summed E-state index contributed by atoms with van der Waals surface area (Å²) in [6.45, 7) is 6.89. The highest BCUT2D eigenvalue weighted by atomic mass is 16.5. The van der Waals surface area contributed by atoms with Crippen molar-refractivity contribution in [2.75, 3.05) is 13.2 Å². The molecule has 1 atom stereocenters. The molecule has 0 spiro atoms. The van der Waals surface area contributed by atoms with E-state index in [2.05, 4.69) is 15.6 Å². The summed E-state index contributed by atoms with van der Waals surface area (Å²) >= 11 is 0. The average Bonchev–Trinajstić information content (AvgIpc) is 3.48. The smallest absolute Gasteiger partial charge is 0.273 e. The van der Waals surface area contributed by atoms with Crippen molar-refractivity contribution in [1.82, 2.24) is 25.1 Å². The molecule has 2 aromatic rings. The largest absolute Gasteiger partial charge is 0.494 e. The normalized spacial score (nSPS) is 20.2. The molecule has 0 bridgehead atoms. The molecule has 2 N–H and O–H groups in total. The maximum Gasteiger partial charge on any atom is 0.273 e. The van der Waals surface area contributed by atoms with Gasteiger partial charge in [-0.25, -0.2) is 4.98 Å². The summed E-state index contributed by atoms with van der Waals surface area (Å²) in [7, 11) is 0. The third kappa shape index (κ3) is 4.38. The van der Waals surface area contributed by atoms with Crippen molar-refractivity contribution in [3.8, 4) is 5.75 Å². The van der Waals surface area contributed by atoms with Crippen LogP contribution in [0.3, 0.4) is 0 Å². The molecule has 1 fully saturated rings. The second kappa shape index (κ2) is 9.87. The molecular weight excluding hydrogens is 434 g/mol. The second-order valence-corrected chi connectivity index (χ2v) is 9.07. The van der Waals surface area contributed by atoms with E-state index in [4.69, 9.17) is 4.74 Å². The van der Waals surface area contributed by atoms with Gasteiger partial charge in [0.05, 0.1) is 19.5 Å². The fourth-order valence-corrected chi connectivity index (χ4v) is 4.96. The van der Waals surface area contributed by atoms with Crippen molar-refractivity contribution in [2.24, 2.45) is 0 Å². The van der Waals surface area contributed by atoms with Gasteiger partial charge in [-0.3, -0.25) is 14.4 Å². The number of hydrogen-bond donors (Lipinski definition) is 2. The number of ether oxygens (including phenoxy) is 1. The summed E-state index contributed by atoms with van der Waals surface area (Å²) in [5.41, 5.74) is 0.0642. The summed E-state index contributed by atoms with van der Waals surface area (Å²) in [6, 6.07) is 7.64. The SMILES string of the molecule is CCOc1ccccc1CNC(=O)c1ncn2c1C(=O)N(CC)[C@@](C)(C(=O)NC1CCCC1)C2. The molecule has 9 heteroatoms. The lowest BCUT2D eigenvalue weighted by Crippen LogP contribution is -2.64. The van der Waals surface area contributed by atoms with Crippen LogP contribution in [-0.2, 0) is 17.9 Å². The predicted molar refractivity (Wildman–Crippen MR) is 127 cm³/mol. The lowest BCUT2D eigenvalue weighted by molar-refractivity contribution is -0.133. The van der Waals surface area contributed by atoms with Crippen LogP contribution >= 0.6 is 0 Å². The number of aromatic nitrogens is 2. The highest BCUT2D eigenvalue weighted by Gasteiger charge is 2.48. The van der Waals surface area contributed by atoms with Crippen LogP contribution in [0, 0.1) is 0 Å². The Kier molecular flexibility index (Phi) is 6.90. The molecule has 1 aliphatic heterocycles. The summed E-state index contributed by atoms with van der Waals surface area (Å²) in [5.74, 6) is -0.263. The van der Waals surface area contributed by atoms with Crippen LogP contribution in [0.4, 0.5) is 0 Å². The van der Waals surface area contributed by atoms with Gasteiger partial charge in [-0.2, -0.15) is 0 Å². The summed E-state index contributed by atoms with van der Waals surface area (Å²) in [4.78, 5) is 45.6. The number of para-hydroxylation sites is 1. The number of likely N-dealkylation sites (N-methyl/N-ethyl adjacent to an activating group) is 1. The molecule has 0 saturated heterocycles. The number of benzene rings is 1. The number of fused-ring (bicyclic) bond motifs is 1. The van der Waals surface area contributed by atoms with Crippen LogP contribution in [0.2, 0.25) is 0 Å². The van der Waals surface area contributed by atoms with Crippen molar-refractivity contribution in [3.05, 3.63) is 47.5 Å². The average molecular weight is 468 g/mol. The van der Waals surface area contributed by atoms with Crippen LogP contribution in [-0.4, -0.2) is 56.9 Å². The summed E-state index contributed by atoms with van der Waals surface area (Å²) in [6.07, 6.45) is 5.63. The Bertz CT molecular complexity index is 1080. The molecule has 3 amide bonds. The van der Waals surface area contributed by atoms with E-state index in [0.29, 0.717) is 18.9 Å². The first-order valence-corrected chi connectivity index (χ1v) is 12.1. The van der Waals surface area contributed by atoms with E-state index >= 15 is 0 Å². The monoisotopic (exact) mass is 467 g/mol. The van der Waals surface area contributed by atoms with E-state index in [9.17, 15) is 14.4 Å². The molecular formula is C25H33N5O4. The summed E-state index contributed by atoms with van der Waals surface area (Å²) in [5, 5.41) is 5.98. The topological polar surface area (TPSA) is 106 Å². The van der Waals surface area contributed by atoms with Gasteiger partial charge < -0.3 is 24.8 Å². The van der Waals surface area contributed by atoms with E-state index in [1.54, 1.807) is 16.4 Å². The lowest BCUT2D eigenvalue weighted by atomic mass is 9.94. The van der Waals surface area contributed by atoms with Gasteiger partial charge in [0.2, 0.25) is 5.91 Å². The van der Waals surface area contributed by atoms with E-state index in [1.807, 2.05) is 38.1 Å². The van der Waals surface area contributed by atoms with Gasteiger partial charge in [-0.05, 0) is 39.7 Å². The number of carbonyl (C=O) groups excluding carboxylic acids is 3. The molecule has 9 nitrogen and oxygen atoms in total. The first kappa shape index (κ1) is 23.8. The predicted octanol–water partition coefficient (Wildman–Crippen LogP) is 2.50. The van der Waals surface area contributed by atoms with Crippen molar-refractivity contribution in [2.45, 2.75) is 71.1 Å². The molecule has 1 aromatic carbocycles. The van der Waals surface area contributed by atoms with Gasteiger partial charge >= 0.3 is 0 Å². The van der Waals surface area contributed by atoms with Gasteiger partial charge in [-0.1, -0.05) is 31.0 Å². The highest BCUT2D eigenvalue weighted by Crippen LogP contribution is 2.30. The summed E-state index contributed by atoms with van der Waals surface area (Å²) < 4.78 is 7.25. The lowest BCUT2D eigenvalue weighted by Gasteiger charge is -2.43. The van der Waals surface area contributed by atoms with Gasteiger partial charge in [-0.15, -0.1) is 0 Å². The minimum absolute atomic E-state index is 0.0654. The number of rotatable bonds is 8. The van der Waals surface area contributed by atoms with Crippen molar-refractivity contribution >= 4 is 17.7 Å². The molecule has 1 saturated carbocycles. The molecule has 34 heavy (non-hydrogen) atoms. The third-order valence-corrected chi connectivity index (χ3v) is 6.78. The van der Waals surface area contributed by atoms with Crippen LogP contribution in [0.15, 0.2) is 30.6 Å². The van der Waals surface area contributed by atoms with E-state index in [-0.39, 0.29) is 42.3 Å². The standard InChI is InChI=1S/C25H33N5O4/c1-4-30-23(32)21-20(22(31)26-14-17-10-6-9-13-19(17)34-5-2)27-16-29(21)15-25(30,3)24(33)28-18-11-7-8-12-18/h6,9-10,13,16,18H,4-5,7-8,11-12,14-15H2,1-3H3,(H,26,31)(H,28,33)/t25-/m1/s1. The number of carbonyl (C=O) groups is 3. The molecule has 2 heterocycles. The van der Waals surface area contributed by atoms with E-state index in [0.717, 1.165) is 31.2 Å². The minimum atomic E-state index is -1.05. The maximum atomic E-state index is 13.5. The number of nitrogens with zero attached hydrogens (tertiary/aromatic N) is 3. The second-order valence-electron chi connectivity index (χ2n) is 9.07. The van der Waals surface area contributed by atoms with Crippen LogP contribution < -0.4 is 15.4 Å². The molecule has 2 aliphatic rings. The van der Waals surface area contributed by atoms with Crippen LogP contribution in [0.25, 0.3) is 0 Å². The van der Waals surface area contributed by atoms with Crippen LogP contribution in [0.1, 0.15) is 73.0 Å². The van der Waals surface area contributed by atoms with E-state index in [1.165, 1.54) is 6.33 Å². The van der Waals surface area contributed by atoms with Crippen molar-refractivity contribution < 1.29 is 19.1 Å². The molecule has 0 unspecified atom stereocenters. The Hall–Kier alpha value is -3.36.